The maximum Gasteiger partial charge on any atom is 0.191 e. The maximum absolute atomic E-state index is 11.2. The average Bonchev–Trinajstić information content (AvgIpc) is 2.50. The number of nitrogens with one attached hydrogen (secondary N) is 2. The molecule has 1 aromatic rings. The predicted molar refractivity (Wildman–Crippen MR) is 115 cm³/mol. The Bertz CT molecular complexity index is 669. The average molecular weight is 504 g/mol. The lowest BCUT2D eigenvalue weighted by Crippen LogP contribution is -2.42. The van der Waals surface area contributed by atoms with Gasteiger partial charge in [-0.1, -0.05) is 17.7 Å². The van der Waals surface area contributed by atoms with Crippen LogP contribution in [0.25, 0.3) is 0 Å². The fourth-order valence-corrected chi connectivity index (χ4v) is 2.98. The number of nitrogens with zero attached hydrogens (tertiary/aromatic N) is 1. The molecular weight excluding hydrogens is 477 g/mol. The van der Waals surface area contributed by atoms with Gasteiger partial charge in [-0.2, -0.15) is 0 Å². The van der Waals surface area contributed by atoms with Crippen molar-refractivity contribution in [3.63, 3.8) is 0 Å². The number of aliphatic imine (C=N–C) groups is 1. The molecule has 0 aliphatic carbocycles. The van der Waals surface area contributed by atoms with E-state index < -0.39 is 9.84 Å². The lowest BCUT2D eigenvalue weighted by Gasteiger charge is -2.18. The van der Waals surface area contributed by atoms with Crippen molar-refractivity contribution in [2.24, 2.45) is 4.99 Å². The molecule has 144 valence electrons. The summed E-state index contributed by atoms with van der Waals surface area (Å²) in [4.78, 5) is 4.16. The van der Waals surface area contributed by atoms with Crippen LogP contribution in [0, 0.1) is 0 Å². The summed E-state index contributed by atoms with van der Waals surface area (Å²) in [6.07, 6.45) is 1.76. The molecule has 25 heavy (non-hydrogen) atoms. The third-order valence-electron chi connectivity index (χ3n) is 3.30. The summed E-state index contributed by atoms with van der Waals surface area (Å²) < 4.78 is 28.0. The smallest absolute Gasteiger partial charge is 0.191 e. The molecule has 0 aliphatic heterocycles. The molecule has 0 saturated carbocycles. The molecule has 0 aromatic heterocycles. The van der Waals surface area contributed by atoms with Gasteiger partial charge in [0.15, 0.2) is 5.96 Å². The largest absolute Gasteiger partial charge is 0.493 e. The summed E-state index contributed by atoms with van der Waals surface area (Å²) in [5.74, 6) is 1.48. The van der Waals surface area contributed by atoms with Gasteiger partial charge in [0, 0.05) is 36.5 Å². The second-order valence-electron chi connectivity index (χ2n) is 5.57. The molecule has 9 heteroatoms. The quantitative estimate of drug-likeness (QED) is 0.324. The molecule has 6 nitrogen and oxygen atoms in total. The van der Waals surface area contributed by atoms with E-state index in [1.807, 2.05) is 26.0 Å². The number of benzene rings is 1. The Hall–Kier alpha value is -0.740. The number of ether oxygens (including phenoxy) is 1. The molecule has 1 rings (SSSR count). The van der Waals surface area contributed by atoms with Crippen LogP contribution in [-0.2, 0) is 16.4 Å². The molecule has 0 amide bonds. The Morgan fingerprint density at radius 1 is 1.40 bits per heavy atom. The van der Waals surface area contributed by atoms with Gasteiger partial charge in [-0.25, -0.2) is 8.42 Å². The lowest BCUT2D eigenvalue weighted by atomic mass is 10.2. The zero-order valence-corrected chi connectivity index (χ0v) is 18.9. The van der Waals surface area contributed by atoms with Gasteiger partial charge >= 0.3 is 0 Å². The van der Waals surface area contributed by atoms with Gasteiger partial charge in [-0.3, -0.25) is 4.99 Å². The highest BCUT2D eigenvalue weighted by atomic mass is 127. The summed E-state index contributed by atoms with van der Waals surface area (Å²) in [6.45, 7) is 4.92. The molecule has 2 N–H and O–H groups in total. The normalized spacial score (nSPS) is 12.9. The van der Waals surface area contributed by atoms with Crippen LogP contribution in [0.4, 0.5) is 0 Å². The Morgan fingerprint density at radius 3 is 2.64 bits per heavy atom. The Labute approximate surface area is 172 Å². The van der Waals surface area contributed by atoms with E-state index in [0.717, 1.165) is 11.3 Å². The summed E-state index contributed by atoms with van der Waals surface area (Å²) in [5, 5.41) is 7.00. The Morgan fingerprint density at radius 2 is 2.08 bits per heavy atom. The third-order valence-corrected chi connectivity index (χ3v) is 4.52. The highest BCUT2D eigenvalue weighted by molar-refractivity contribution is 14.0. The van der Waals surface area contributed by atoms with Gasteiger partial charge in [-0.15, -0.1) is 24.0 Å². The molecule has 1 atom stereocenters. The summed E-state index contributed by atoms with van der Waals surface area (Å²) in [7, 11) is -1.29. The number of rotatable bonds is 8. The number of sulfone groups is 1. The van der Waals surface area contributed by atoms with Crippen LogP contribution < -0.4 is 15.4 Å². The van der Waals surface area contributed by atoms with Gasteiger partial charge in [0.1, 0.15) is 15.6 Å². The first-order chi connectivity index (χ1) is 11.2. The van der Waals surface area contributed by atoms with Crippen molar-refractivity contribution in [3.05, 3.63) is 28.8 Å². The van der Waals surface area contributed by atoms with Gasteiger partial charge < -0.3 is 15.4 Å². The van der Waals surface area contributed by atoms with E-state index in [1.165, 1.54) is 6.26 Å². The zero-order chi connectivity index (χ0) is 18.2. The van der Waals surface area contributed by atoms with Crippen molar-refractivity contribution in [2.45, 2.75) is 32.9 Å². The SMILES string of the molecule is CCOc1cc(Cl)ccc1CNC(=NC)NC(C)CCS(C)(=O)=O.I. The minimum Gasteiger partial charge on any atom is -0.493 e. The van der Waals surface area contributed by atoms with Crippen LogP contribution in [-0.4, -0.2) is 46.1 Å². The van der Waals surface area contributed by atoms with E-state index in [0.29, 0.717) is 30.6 Å². The van der Waals surface area contributed by atoms with Crippen molar-refractivity contribution in [1.29, 1.82) is 0 Å². The zero-order valence-electron chi connectivity index (χ0n) is 15.0. The first kappa shape index (κ1) is 24.3. The van der Waals surface area contributed by atoms with E-state index >= 15 is 0 Å². The molecule has 0 aliphatic rings. The third kappa shape index (κ3) is 10.1. The van der Waals surface area contributed by atoms with E-state index in [1.54, 1.807) is 13.1 Å². The summed E-state index contributed by atoms with van der Waals surface area (Å²) >= 11 is 6.00. The van der Waals surface area contributed by atoms with Crippen LogP contribution in [0.3, 0.4) is 0 Å². The first-order valence-electron chi connectivity index (χ1n) is 7.81. The summed E-state index contributed by atoms with van der Waals surface area (Å²) in [5.41, 5.74) is 0.966. The fraction of sp³-hybridized carbons (Fsp3) is 0.562. The highest BCUT2D eigenvalue weighted by Crippen LogP contribution is 2.23. The van der Waals surface area contributed by atoms with Gasteiger partial charge in [-0.05, 0) is 32.4 Å². The molecule has 1 aromatic carbocycles. The van der Waals surface area contributed by atoms with Crippen molar-refractivity contribution in [2.75, 3.05) is 25.7 Å². The molecule has 0 fully saturated rings. The Kier molecular flexibility index (Phi) is 11.4. The van der Waals surface area contributed by atoms with Crippen LogP contribution >= 0.6 is 35.6 Å². The van der Waals surface area contributed by atoms with Crippen LogP contribution in [0.1, 0.15) is 25.8 Å². The predicted octanol–water partition coefficient (Wildman–Crippen LogP) is 2.84. The van der Waals surface area contributed by atoms with Crippen molar-refractivity contribution in [1.82, 2.24) is 10.6 Å². The Balaban J connectivity index is 0.00000576. The first-order valence-corrected chi connectivity index (χ1v) is 10.2. The van der Waals surface area contributed by atoms with E-state index in [2.05, 4.69) is 15.6 Å². The highest BCUT2D eigenvalue weighted by Gasteiger charge is 2.10. The molecule has 0 saturated heterocycles. The van der Waals surface area contributed by atoms with Gasteiger partial charge in [0.2, 0.25) is 0 Å². The van der Waals surface area contributed by atoms with Crippen LogP contribution in [0.2, 0.25) is 5.02 Å². The number of hydrogen-bond donors (Lipinski definition) is 2. The van der Waals surface area contributed by atoms with Crippen LogP contribution in [0.5, 0.6) is 5.75 Å². The van der Waals surface area contributed by atoms with Crippen molar-refractivity contribution >= 4 is 51.4 Å². The van der Waals surface area contributed by atoms with E-state index in [9.17, 15) is 8.42 Å². The monoisotopic (exact) mass is 503 g/mol. The second-order valence-corrected chi connectivity index (χ2v) is 8.27. The minimum atomic E-state index is -2.96. The minimum absolute atomic E-state index is 0. The molecule has 0 radical (unpaired) electrons. The van der Waals surface area contributed by atoms with E-state index in [4.69, 9.17) is 16.3 Å². The molecule has 0 bridgehead atoms. The van der Waals surface area contributed by atoms with Gasteiger partial charge in [0.05, 0.1) is 12.4 Å². The lowest BCUT2D eigenvalue weighted by molar-refractivity contribution is 0.336. The topological polar surface area (TPSA) is 79.8 Å². The molecule has 1 unspecified atom stereocenters. The number of guanidine groups is 1. The molecule has 0 heterocycles. The number of halogens is 2. The standard InChI is InChI=1S/C16H26ClN3O3S.HI/c1-5-23-15-10-14(17)7-6-13(15)11-19-16(18-3)20-12(2)8-9-24(4,21)22;/h6-7,10,12H,5,8-9,11H2,1-4H3,(H2,18,19,20);1H. The van der Waals surface area contributed by atoms with Crippen LogP contribution in [0.15, 0.2) is 23.2 Å². The maximum atomic E-state index is 11.2. The molecule has 0 spiro atoms. The fourth-order valence-electron chi connectivity index (χ4n) is 2.03. The van der Waals surface area contributed by atoms with Crippen molar-refractivity contribution in [3.8, 4) is 5.75 Å². The molecular formula is C16H27ClIN3O3S. The second kappa shape index (κ2) is 11.8. The van der Waals surface area contributed by atoms with Crippen molar-refractivity contribution < 1.29 is 13.2 Å². The number of hydrogen-bond acceptors (Lipinski definition) is 4. The van der Waals surface area contributed by atoms with E-state index in [-0.39, 0.29) is 35.8 Å². The summed E-state index contributed by atoms with van der Waals surface area (Å²) in [6, 6.07) is 5.49. The van der Waals surface area contributed by atoms with Gasteiger partial charge in [0.25, 0.3) is 0 Å².